The van der Waals surface area contributed by atoms with Gasteiger partial charge in [-0.3, -0.25) is 13.9 Å². The molecule has 37 heavy (non-hydrogen) atoms. The normalized spacial score (nSPS) is 19.2. The van der Waals surface area contributed by atoms with Crippen molar-refractivity contribution in [2.24, 2.45) is 5.92 Å². The van der Waals surface area contributed by atoms with Crippen LogP contribution in [-0.2, 0) is 23.4 Å². The molecule has 12 heteroatoms. The third-order valence-corrected chi connectivity index (χ3v) is 7.87. The third-order valence-electron chi connectivity index (χ3n) is 6.39. The van der Waals surface area contributed by atoms with Gasteiger partial charge in [0.1, 0.15) is 30.4 Å². The van der Waals surface area contributed by atoms with Crippen molar-refractivity contribution >= 4 is 24.9 Å². The Bertz CT molecular complexity index is 1220. The maximum absolute atomic E-state index is 13.6. The van der Waals surface area contributed by atoms with E-state index in [1.807, 2.05) is 17.6 Å². The molecule has 3 aromatic rings. The Balaban J connectivity index is 1.36. The molecule has 0 radical (unpaired) electrons. The number of hydrogen-bond donors (Lipinski definition) is 1. The van der Waals surface area contributed by atoms with Gasteiger partial charge >= 0.3 is 13.7 Å². The number of imidazole rings is 1. The first kappa shape index (κ1) is 27.2. The first-order valence-electron chi connectivity index (χ1n) is 12.6. The molecule has 0 bridgehead atoms. The zero-order valence-electron chi connectivity index (χ0n) is 21.4. The number of carbonyl (C=O) groups excluding carboxylic acids is 1. The number of nitrogens with one attached hydrogen (secondary N) is 1. The second-order valence-corrected chi connectivity index (χ2v) is 10.7. The molecule has 0 saturated carbocycles. The summed E-state index contributed by atoms with van der Waals surface area (Å²) in [5, 5.41) is 2.65. The average Bonchev–Trinajstić information content (AvgIpc) is 3.55. The molecule has 3 atom stereocenters. The SMILES string of the molecule is CCC(CC)COC(=O)CNP(=O)(OCC1CCC(n2cnc3c(C)ncnc32)O1)Oc1ccccc1. The quantitative estimate of drug-likeness (QED) is 0.247. The zero-order chi connectivity index (χ0) is 26.3. The lowest BCUT2D eigenvalue weighted by atomic mass is 10.1. The van der Waals surface area contributed by atoms with Crippen molar-refractivity contribution in [3.63, 3.8) is 0 Å². The Morgan fingerprint density at radius 1 is 1.19 bits per heavy atom. The molecule has 0 amide bonds. The van der Waals surface area contributed by atoms with Crippen LogP contribution in [-0.4, -0.2) is 51.4 Å². The maximum Gasteiger partial charge on any atom is 0.459 e. The van der Waals surface area contributed by atoms with E-state index in [-0.39, 0.29) is 25.5 Å². The van der Waals surface area contributed by atoms with Gasteiger partial charge in [0.15, 0.2) is 5.65 Å². The van der Waals surface area contributed by atoms with Gasteiger partial charge in [0.05, 0.1) is 31.3 Å². The number of esters is 1. The second-order valence-electron chi connectivity index (χ2n) is 8.97. The van der Waals surface area contributed by atoms with Crippen LogP contribution in [0.15, 0.2) is 43.0 Å². The summed E-state index contributed by atoms with van der Waals surface area (Å²) >= 11 is 0. The standard InChI is InChI=1S/C25H34N5O6P/c1-4-19(5-2)14-33-23(31)13-29-37(32,36-20-9-7-6-8-10-20)34-15-21-11-12-22(35-21)30-17-28-24-18(3)26-16-27-25(24)30/h6-10,16-17,19,21-22H,4-5,11-15H2,1-3H3,(H,29,32). The van der Waals surface area contributed by atoms with E-state index in [1.165, 1.54) is 6.33 Å². The lowest BCUT2D eigenvalue weighted by molar-refractivity contribution is -0.143. The van der Waals surface area contributed by atoms with Crippen LogP contribution in [0, 0.1) is 12.8 Å². The number of nitrogens with zero attached hydrogens (tertiary/aromatic N) is 4. The molecular formula is C25H34N5O6P. The Kier molecular flexibility index (Phi) is 9.26. The van der Waals surface area contributed by atoms with Crippen molar-refractivity contribution in [3.05, 3.63) is 48.7 Å². The molecule has 1 N–H and O–H groups in total. The molecule has 4 rings (SSSR count). The number of hydrogen-bond acceptors (Lipinski definition) is 9. The van der Waals surface area contributed by atoms with Gasteiger partial charge in [0, 0.05) is 0 Å². The molecule has 0 aliphatic carbocycles. The summed E-state index contributed by atoms with van der Waals surface area (Å²) in [6.45, 7) is 6.01. The summed E-state index contributed by atoms with van der Waals surface area (Å²) < 4.78 is 38.3. The molecule has 1 aromatic carbocycles. The summed E-state index contributed by atoms with van der Waals surface area (Å²) in [5.41, 5.74) is 2.22. The van der Waals surface area contributed by atoms with E-state index in [4.69, 9.17) is 18.5 Å². The lowest BCUT2D eigenvalue weighted by Gasteiger charge is -2.22. The van der Waals surface area contributed by atoms with Gasteiger partial charge in [-0.2, -0.15) is 0 Å². The number of carbonyl (C=O) groups is 1. The Morgan fingerprint density at radius 2 is 1.97 bits per heavy atom. The highest BCUT2D eigenvalue weighted by Crippen LogP contribution is 2.45. The number of rotatable bonds is 13. The maximum atomic E-state index is 13.6. The minimum Gasteiger partial charge on any atom is -0.464 e. The number of benzene rings is 1. The summed E-state index contributed by atoms with van der Waals surface area (Å²) in [4.78, 5) is 25.2. The highest BCUT2D eigenvalue weighted by atomic mass is 31.2. The summed E-state index contributed by atoms with van der Waals surface area (Å²) in [6.07, 6.45) is 5.80. The third kappa shape index (κ3) is 7.13. The summed E-state index contributed by atoms with van der Waals surface area (Å²) in [7, 11) is -3.90. The molecule has 0 spiro atoms. The molecule has 2 aromatic heterocycles. The predicted octanol–water partition coefficient (Wildman–Crippen LogP) is 4.59. The Hall–Kier alpha value is -2.85. The molecule has 1 aliphatic heterocycles. The lowest BCUT2D eigenvalue weighted by Crippen LogP contribution is -2.28. The van der Waals surface area contributed by atoms with Crippen molar-refractivity contribution in [1.29, 1.82) is 0 Å². The molecule has 3 unspecified atom stereocenters. The van der Waals surface area contributed by atoms with Gasteiger partial charge in [-0.05, 0) is 37.8 Å². The second kappa shape index (κ2) is 12.6. The van der Waals surface area contributed by atoms with Gasteiger partial charge in [-0.15, -0.1) is 0 Å². The number of ether oxygens (including phenoxy) is 2. The van der Waals surface area contributed by atoms with E-state index in [0.717, 1.165) is 24.1 Å². The largest absolute Gasteiger partial charge is 0.464 e. The molecule has 1 aliphatic rings. The van der Waals surface area contributed by atoms with E-state index >= 15 is 0 Å². The van der Waals surface area contributed by atoms with Gasteiger partial charge in [-0.25, -0.2) is 24.6 Å². The first-order valence-corrected chi connectivity index (χ1v) is 14.1. The number of aryl methyl sites for hydroxylation is 1. The number of aromatic nitrogens is 4. The fraction of sp³-hybridized carbons (Fsp3) is 0.520. The minimum absolute atomic E-state index is 0.0110. The fourth-order valence-corrected chi connectivity index (χ4v) is 5.34. The smallest absolute Gasteiger partial charge is 0.459 e. The van der Waals surface area contributed by atoms with Crippen LogP contribution in [0.1, 0.15) is 51.5 Å². The van der Waals surface area contributed by atoms with Crippen molar-refractivity contribution in [2.45, 2.75) is 58.8 Å². The minimum atomic E-state index is -3.90. The van der Waals surface area contributed by atoms with Crippen LogP contribution >= 0.6 is 7.75 Å². The highest BCUT2D eigenvalue weighted by Gasteiger charge is 2.33. The van der Waals surface area contributed by atoms with Gasteiger partial charge in [-0.1, -0.05) is 44.9 Å². The highest BCUT2D eigenvalue weighted by molar-refractivity contribution is 7.52. The molecular weight excluding hydrogens is 497 g/mol. The van der Waals surface area contributed by atoms with Gasteiger partial charge < -0.3 is 14.0 Å². The van der Waals surface area contributed by atoms with Crippen molar-refractivity contribution in [1.82, 2.24) is 24.6 Å². The fourth-order valence-electron chi connectivity index (χ4n) is 4.05. The van der Waals surface area contributed by atoms with Crippen LogP contribution in [0.4, 0.5) is 0 Å². The van der Waals surface area contributed by atoms with E-state index in [2.05, 4.69) is 33.9 Å². The Morgan fingerprint density at radius 3 is 2.73 bits per heavy atom. The van der Waals surface area contributed by atoms with Crippen LogP contribution in [0.3, 0.4) is 0 Å². The van der Waals surface area contributed by atoms with E-state index < -0.39 is 13.7 Å². The van der Waals surface area contributed by atoms with Crippen molar-refractivity contribution in [2.75, 3.05) is 19.8 Å². The van der Waals surface area contributed by atoms with Crippen LogP contribution in [0.5, 0.6) is 5.75 Å². The van der Waals surface area contributed by atoms with Crippen LogP contribution in [0.25, 0.3) is 11.2 Å². The summed E-state index contributed by atoms with van der Waals surface area (Å²) in [5.74, 6) is 0.130. The van der Waals surface area contributed by atoms with Crippen LogP contribution < -0.4 is 9.61 Å². The zero-order valence-corrected chi connectivity index (χ0v) is 22.3. The topological polar surface area (TPSA) is 127 Å². The molecule has 3 heterocycles. The molecule has 11 nitrogen and oxygen atoms in total. The predicted molar refractivity (Wildman–Crippen MR) is 137 cm³/mol. The number of fused-ring (bicyclic) bond motifs is 1. The van der Waals surface area contributed by atoms with Gasteiger partial charge in [0.25, 0.3) is 0 Å². The molecule has 200 valence electrons. The van der Waals surface area contributed by atoms with E-state index in [9.17, 15) is 9.36 Å². The van der Waals surface area contributed by atoms with Crippen LogP contribution in [0.2, 0.25) is 0 Å². The molecule has 1 saturated heterocycles. The Labute approximate surface area is 216 Å². The monoisotopic (exact) mass is 531 g/mol. The summed E-state index contributed by atoms with van der Waals surface area (Å²) in [6, 6.07) is 8.67. The average molecular weight is 532 g/mol. The number of para-hydroxylation sites is 1. The van der Waals surface area contributed by atoms with E-state index in [1.54, 1.807) is 30.6 Å². The first-order chi connectivity index (χ1) is 17.9. The van der Waals surface area contributed by atoms with Gasteiger partial charge in [0.2, 0.25) is 0 Å². The van der Waals surface area contributed by atoms with Crippen molar-refractivity contribution in [3.8, 4) is 5.75 Å². The molecule has 1 fully saturated rings. The van der Waals surface area contributed by atoms with Crippen molar-refractivity contribution < 1.29 is 27.9 Å². The van der Waals surface area contributed by atoms with E-state index in [0.29, 0.717) is 36.8 Å².